The van der Waals surface area contributed by atoms with E-state index >= 15 is 0 Å². The number of fused-ring (bicyclic) bond motifs is 1. The molecule has 3 N–H and O–H groups in total. The Hall–Kier alpha value is -3.73. The van der Waals surface area contributed by atoms with Crippen molar-refractivity contribution in [3.05, 3.63) is 138 Å². The number of benzene rings is 4. The Morgan fingerprint density at radius 2 is 0.850 bits per heavy atom. The van der Waals surface area contributed by atoms with Crippen LogP contribution in [0.3, 0.4) is 0 Å². The summed E-state index contributed by atoms with van der Waals surface area (Å²) < 4.78 is 0. The second-order valence-electron chi connectivity index (χ2n) is 6.96. The topological polar surface area (TPSA) is 66.6 Å². The third-order valence-electron chi connectivity index (χ3n) is 5.48. The summed E-state index contributed by atoms with van der Waals surface area (Å²) in [7, 11) is 2.50. The minimum atomic E-state index is -0.711. The highest BCUT2D eigenvalue weighted by molar-refractivity contribution is 6.13. The van der Waals surface area contributed by atoms with E-state index in [1.54, 1.807) is 0 Å². The van der Waals surface area contributed by atoms with Crippen molar-refractivity contribution in [2.24, 2.45) is 5.73 Å². The van der Waals surface area contributed by atoms with Crippen molar-refractivity contribution >= 4 is 11.6 Å². The summed E-state index contributed by atoms with van der Waals surface area (Å²) in [4.78, 5) is 15.6. The van der Waals surface area contributed by atoms with Crippen LogP contribution < -0.4 is 10.6 Å². The molecule has 0 bridgehead atoms. The van der Waals surface area contributed by atoms with Crippen molar-refractivity contribution in [2.45, 2.75) is 60.9 Å². The first-order chi connectivity index (χ1) is 19.8. The molecule has 1 aliphatic heterocycles. The number of hydrogen-bond acceptors (Lipinski definition) is 3. The Morgan fingerprint density at radius 1 is 0.525 bits per heavy atom. The van der Waals surface area contributed by atoms with Crippen LogP contribution >= 0.6 is 0 Å². The number of para-hydroxylation sites is 1. The zero-order valence-corrected chi connectivity index (χ0v) is 26.3. The van der Waals surface area contributed by atoms with Gasteiger partial charge in [0, 0.05) is 18.4 Å². The lowest BCUT2D eigenvalue weighted by Gasteiger charge is -2.40. The fourth-order valence-corrected chi connectivity index (χ4v) is 4.36. The number of rotatable bonds is 3. The van der Waals surface area contributed by atoms with Gasteiger partial charge < -0.3 is 10.8 Å². The summed E-state index contributed by atoms with van der Waals surface area (Å²) in [5.74, 6) is 0.0227. The summed E-state index contributed by atoms with van der Waals surface area (Å²) in [6.07, 6.45) is 0. The summed E-state index contributed by atoms with van der Waals surface area (Å²) >= 11 is 0. The molecule has 0 atom stereocenters. The van der Waals surface area contributed by atoms with Gasteiger partial charge in [0.1, 0.15) is 5.54 Å². The minimum absolute atomic E-state index is 0.0227. The largest absolute Gasteiger partial charge is 0.400 e. The number of anilines is 1. The molecule has 0 saturated carbocycles. The molecule has 1 aliphatic rings. The highest BCUT2D eigenvalue weighted by Gasteiger charge is 2.52. The van der Waals surface area contributed by atoms with Gasteiger partial charge in [0.25, 0.3) is 5.91 Å². The molecule has 0 spiro atoms. The standard InChI is InChI=1S/C26H19NO.4C2H6.CH5N.CH4O/c28-25-23-18-10-11-19-24(23)26(20-12-4-1-5-13-20,21-14-6-2-7-15-21)27(25)22-16-8-3-9-17-22;6*1-2/h1-19H;4*1-2H3;2H2,1H3;2H,1H3. The van der Waals surface area contributed by atoms with Gasteiger partial charge in [-0.1, -0.05) is 152 Å². The van der Waals surface area contributed by atoms with Gasteiger partial charge in [0.05, 0.1) is 0 Å². The molecule has 4 nitrogen and oxygen atoms in total. The Morgan fingerprint density at radius 3 is 1.25 bits per heavy atom. The van der Waals surface area contributed by atoms with Crippen molar-refractivity contribution in [1.82, 2.24) is 0 Å². The first kappa shape index (κ1) is 38.4. The van der Waals surface area contributed by atoms with Crippen LogP contribution in [0.4, 0.5) is 5.69 Å². The van der Waals surface area contributed by atoms with Gasteiger partial charge in [0.2, 0.25) is 0 Å². The lowest BCUT2D eigenvalue weighted by Crippen LogP contribution is -2.46. The van der Waals surface area contributed by atoms with Crippen molar-refractivity contribution in [3.63, 3.8) is 0 Å². The lowest BCUT2D eigenvalue weighted by atomic mass is 9.77. The smallest absolute Gasteiger partial charge is 0.260 e. The molecule has 4 aromatic carbocycles. The number of aliphatic hydroxyl groups is 1. The molecule has 0 aliphatic carbocycles. The van der Waals surface area contributed by atoms with E-state index in [4.69, 9.17) is 5.11 Å². The predicted octanol–water partition coefficient (Wildman–Crippen LogP) is 8.93. The number of hydrogen-bond donors (Lipinski definition) is 2. The first-order valence-corrected chi connectivity index (χ1v) is 14.5. The number of nitrogens with zero attached hydrogens (tertiary/aromatic N) is 1. The van der Waals surface area contributed by atoms with E-state index in [0.29, 0.717) is 0 Å². The van der Waals surface area contributed by atoms with Gasteiger partial charge in [-0.25, -0.2) is 0 Å². The normalized spacial score (nSPS) is 11.2. The SMILES string of the molecule is CC.CC.CC.CC.CN.CO.O=C1c2ccccc2C(c2ccccc2)(c2ccccc2)N1c1ccccc1. The number of carbonyl (C=O) groups excluding carboxylic acids is 1. The van der Waals surface area contributed by atoms with Gasteiger partial charge in [-0.2, -0.15) is 0 Å². The van der Waals surface area contributed by atoms with Crippen molar-refractivity contribution in [1.29, 1.82) is 0 Å². The Kier molecular flexibility index (Phi) is 22.3. The fourth-order valence-electron chi connectivity index (χ4n) is 4.36. The number of nitrogens with two attached hydrogens (primary N) is 1. The molecule has 218 valence electrons. The van der Waals surface area contributed by atoms with E-state index < -0.39 is 5.54 Å². The van der Waals surface area contributed by atoms with Gasteiger partial charge in [-0.15, -0.1) is 0 Å². The molecule has 0 aromatic heterocycles. The minimum Gasteiger partial charge on any atom is -0.400 e. The van der Waals surface area contributed by atoms with Gasteiger partial charge in [0.15, 0.2) is 0 Å². The molecule has 4 aromatic rings. The maximum absolute atomic E-state index is 13.7. The molecular formula is C36H52N2O2. The van der Waals surface area contributed by atoms with E-state index in [9.17, 15) is 4.79 Å². The van der Waals surface area contributed by atoms with Crippen LogP contribution in [0.1, 0.15) is 82.4 Å². The molecule has 0 fully saturated rings. The van der Waals surface area contributed by atoms with Crippen molar-refractivity contribution in [2.75, 3.05) is 19.1 Å². The molecule has 0 unspecified atom stereocenters. The third kappa shape index (κ3) is 8.38. The summed E-state index contributed by atoms with van der Waals surface area (Å²) in [6.45, 7) is 16.0. The molecular weight excluding hydrogens is 492 g/mol. The monoisotopic (exact) mass is 544 g/mol. The second-order valence-corrected chi connectivity index (χ2v) is 6.96. The van der Waals surface area contributed by atoms with E-state index in [1.807, 2.05) is 145 Å². The molecule has 1 heterocycles. The number of aliphatic hydroxyl groups excluding tert-OH is 1. The average Bonchev–Trinajstić information content (AvgIpc) is 3.37. The Balaban J connectivity index is 0. The highest BCUT2D eigenvalue weighted by Crippen LogP contribution is 2.50. The summed E-state index contributed by atoms with van der Waals surface area (Å²) in [6, 6.07) is 38.5. The van der Waals surface area contributed by atoms with Crippen LogP contribution in [0.2, 0.25) is 0 Å². The quantitative estimate of drug-likeness (QED) is 0.270. The van der Waals surface area contributed by atoms with Gasteiger partial charge in [-0.3, -0.25) is 9.69 Å². The Labute approximate surface area is 244 Å². The number of amides is 1. The van der Waals surface area contributed by atoms with E-state index in [0.717, 1.165) is 35.1 Å². The van der Waals surface area contributed by atoms with Crippen LogP contribution in [0.15, 0.2) is 115 Å². The predicted molar refractivity (Wildman–Crippen MR) is 176 cm³/mol. The van der Waals surface area contributed by atoms with Crippen LogP contribution in [0.5, 0.6) is 0 Å². The molecule has 5 rings (SSSR count). The lowest BCUT2D eigenvalue weighted by molar-refractivity contribution is 0.0986. The van der Waals surface area contributed by atoms with E-state index in [1.165, 1.54) is 7.05 Å². The Bertz CT molecular complexity index is 1090. The van der Waals surface area contributed by atoms with Crippen molar-refractivity contribution < 1.29 is 9.90 Å². The first-order valence-electron chi connectivity index (χ1n) is 14.5. The molecule has 0 saturated heterocycles. The summed E-state index contributed by atoms with van der Waals surface area (Å²) in [5.41, 5.74) is 8.58. The van der Waals surface area contributed by atoms with E-state index in [2.05, 4.69) is 36.1 Å². The van der Waals surface area contributed by atoms with Crippen LogP contribution in [-0.4, -0.2) is 25.2 Å². The summed E-state index contributed by atoms with van der Waals surface area (Å²) in [5, 5.41) is 7.00. The van der Waals surface area contributed by atoms with Crippen LogP contribution in [-0.2, 0) is 5.54 Å². The number of carbonyl (C=O) groups is 1. The van der Waals surface area contributed by atoms with Crippen LogP contribution in [0, 0.1) is 0 Å². The van der Waals surface area contributed by atoms with Gasteiger partial charge >= 0.3 is 0 Å². The second kappa shape index (κ2) is 23.2. The van der Waals surface area contributed by atoms with Gasteiger partial charge in [-0.05, 0) is 41.9 Å². The maximum atomic E-state index is 13.7. The molecule has 40 heavy (non-hydrogen) atoms. The fraction of sp³-hybridized carbons (Fsp3) is 0.306. The molecule has 0 radical (unpaired) electrons. The molecule has 4 heteroatoms. The third-order valence-corrected chi connectivity index (χ3v) is 5.48. The highest BCUT2D eigenvalue weighted by atomic mass is 16.2. The zero-order valence-electron chi connectivity index (χ0n) is 26.3. The average molecular weight is 545 g/mol. The van der Waals surface area contributed by atoms with Crippen molar-refractivity contribution in [3.8, 4) is 0 Å². The van der Waals surface area contributed by atoms with Crippen LogP contribution in [0.25, 0.3) is 0 Å². The van der Waals surface area contributed by atoms with E-state index in [-0.39, 0.29) is 5.91 Å². The molecule has 1 amide bonds. The maximum Gasteiger partial charge on any atom is 0.260 e. The zero-order chi connectivity index (χ0) is 31.0.